The summed E-state index contributed by atoms with van der Waals surface area (Å²) < 4.78 is 7.16. The molecule has 0 aliphatic heterocycles. The number of carbonyl (C=O) groups is 1. The van der Waals surface area contributed by atoms with Gasteiger partial charge in [0.15, 0.2) is 5.16 Å². The van der Waals surface area contributed by atoms with Crippen molar-refractivity contribution in [2.75, 3.05) is 7.11 Å². The molecule has 4 aromatic rings. The number of amides is 1. The van der Waals surface area contributed by atoms with Crippen LogP contribution in [0.15, 0.2) is 96.4 Å². The number of nitrogens with one attached hydrogen (secondary N) is 1. The molecule has 4 rings (SSSR count). The lowest BCUT2D eigenvalue weighted by Gasteiger charge is -2.22. The van der Waals surface area contributed by atoms with Gasteiger partial charge in [-0.1, -0.05) is 78.5 Å². The van der Waals surface area contributed by atoms with Gasteiger partial charge in [0.2, 0.25) is 5.91 Å². The molecule has 1 atom stereocenters. The van der Waals surface area contributed by atoms with Crippen LogP contribution in [0.25, 0.3) is 5.69 Å². The van der Waals surface area contributed by atoms with Crippen molar-refractivity contribution in [3.05, 3.63) is 102 Å². The largest absolute Gasteiger partial charge is 0.497 e. The second-order valence-corrected chi connectivity index (χ2v) is 8.52. The third-order valence-electron chi connectivity index (χ3n) is 5.05. The minimum atomic E-state index is -0.376. The molecule has 6 nitrogen and oxygen atoms in total. The number of rotatable bonds is 8. The van der Waals surface area contributed by atoms with E-state index in [1.807, 2.05) is 96.4 Å². The lowest BCUT2D eigenvalue weighted by atomic mass is 9.98. The van der Waals surface area contributed by atoms with E-state index in [0.29, 0.717) is 5.16 Å². The quantitative estimate of drug-likeness (QED) is 0.400. The molecule has 0 fully saturated rings. The maximum atomic E-state index is 13.2. The van der Waals surface area contributed by atoms with Crippen LogP contribution in [0.4, 0.5) is 0 Å². The molecule has 162 valence electrons. The minimum absolute atomic E-state index is 0.0760. The number of methoxy groups -OCH3 is 1. The Hall–Kier alpha value is -3.58. The van der Waals surface area contributed by atoms with Crippen molar-refractivity contribution in [1.82, 2.24) is 20.1 Å². The Morgan fingerprint density at radius 2 is 1.62 bits per heavy atom. The van der Waals surface area contributed by atoms with Crippen LogP contribution in [0, 0.1) is 0 Å². The van der Waals surface area contributed by atoms with Gasteiger partial charge in [-0.15, -0.1) is 10.2 Å². The van der Waals surface area contributed by atoms with Gasteiger partial charge in [0, 0.05) is 6.07 Å². The highest BCUT2D eigenvalue weighted by atomic mass is 32.2. The smallest absolute Gasteiger partial charge is 0.234 e. The molecule has 32 heavy (non-hydrogen) atoms. The standard InChI is InChI=1S/C25H24N4O2S/c1-18(32-25-28-26-17-29(25)21-14-9-15-22(16-21)31-2)24(30)27-23(19-10-5-3-6-11-19)20-12-7-4-8-13-20/h3-18,23H,1-2H3,(H,27,30)/t18-/m0/s1. The number of benzene rings is 3. The summed E-state index contributed by atoms with van der Waals surface area (Å²) in [6, 6.07) is 27.3. The molecular formula is C25H24N4O2S. The van der Waals surface area contributed by atoms with Gasteiger partial charge >= 0.3 is 0 Å². The summed E-state index contributed by atoms with van der Waals surface area (Å²) in [5, 5.41) is 11.7. The molecule has 0 unspecified atom stereocenters. The van der Waals surface area contributed by atoms with Crippen LogP contribution in [0.2, 0.25) is 0 Å². The number of aromatic nitrogens is 3. The number of nitrogens with zero attached hydrogens (tertiary/aromatic N) is 3. The third kappa shape index (κ3) is 5.00. The lowest BCUT2D eigenvalue weighted by Crippen LogP contribution is -2.35. The summed E-state index contributed by atoms with van der Waals surface area (Å²) in [5.41, 5.74) is 2.93. The third-order valence-corrected chi connectivity index (χ3v) is 6.11. The molecule has 0 aliphatic rings. The van der Waals surface area contributed by atoms with Crippen molar-refractivity contribution < 1.29 is 9.53 Å². The zero-order chi connectivity index (χ0) is 22.3. The Morgan fingerprint density at radius 3 is 2.25 bits per heavy atom. The highest BCUT2D eigenvalue weighted by Gasteiger charge is 2.23. The lowest BCUT2D eigenvalue weighted by molar-refractivity contribution is -0.120. The van der Waals surface area contributed by atoms with Gasteiger partial charge < -0.3 is 10.1 Å². The number of carbonyl (C=O) groups excluding carboxylic acids is 1. The first kappa shape index (κ1) is 21.6. The molecule has 0 aliphatic carbocycles. The summed E-state index contributed by atoms with van der Waals surface area (Å²) in [6.45, 7) is 1.87. The van der Waals surface area contributed by atoms with Crippen molar-refractivity contribution in [2.45, 2.75) is 23.4 Å². The Bertz CT molecular complexity index is 1130. The van der Waals surface area contributed by atoms with Crippen LogP contribution in [0.3, 0.4) is 0 Å². The molecule has 0 spiro atoms. The maximum absolute atomic E-state index is 13.2. The highest BCUT2D eigenvalue weighted by Crippen LogP contribution is 2.27. The van der Waals surface area contributed by atoms with E-state index in [2.05, 4.69) is 15.5 Å². The average molecular weight is 445 g/mol. The van der Waals surface area contributed by atoms with Gasteiger partial charge in [-0.2, -0.15) is 0 Å². The predicted octanol–water partition coefficient (Wildman–Crippen LogP) is 4.66. The summed E-state index contributed by atoms with van der Waals surface area (Å²) in [7, 11) is 1.63. The van der Waals surface area contributed by atoms with Crippen molar-refractivity contribution in [3.63, 3.8) is 0 Å². The number of thioether (sulfide) groups is 1. The molecule has 0 saturated carbocycles. The van der Waals surface area contributed by atoms with E-state index < -0.39 is 0 Å². The molecule has 1 aromatic heterocycles. The van der Waals surface area contributed by atoms with E-state index in [-0.39, 0.29) is 17.2 Å². The second-order valence-electron chi connectivity index (χ2n) is 7.21. The average Bonchev–Trinajstić information content (AvgIpc) is 3.31. The van der Waals surface area contributed by atoms with Crippen LogP contribution in [-0.2, 0) is 4.79 Å². The van der Waals surface area contributed by atoms with Crippen molar-refractivity contribution in [1.29, 1.82) is 0 Å². The molecular weight excluding hydrogens is 420 g/mol. The Balaban J connectivity index is 1.52. The van der Waals surface area contributed by atoms with Gasteiger partial charge in [-0.3, -0.25) is 9.36 Å². The molecule has 0 saturated heterocycles. The molecule has 3 aromatic carbocycles. The fourth-order valence-electron chi connectivity index (χ4n) is 3.36. The maximum Gasteiger partial charge on any atom is 0.234 e. The van der Waals surface area contributed by atoms with E-state index in [9.17, 15) is 4.79 Å². The topological polar surface area (TPSA) is 69.0 Å². The first-order valence-corrected chi connectivity index (χ1v) is 11.1. The summed E-state index contributed by atoms with van der Waals surface area (Å²) in [4.78, 5) is 13.2. The van der Waals surface area contributed by atoms with Gasteiger partial charge in [0.1, 0.15) is 12.1 Å². The second kappa shape index (κ2) is 10.2. The highest BCUT2D eigenvalue weighted by molar-refractivity contribution is 8.00. The van der Waals surface area contributed by atoms with E-state index in [0.717, 1.165) is 22.6 Å². The van der Waals surface area contributed by atoms with E-state index in [1.165, 1.54) is 11.8 Å². The summed E-state index contributed by atoms with van der Waals surface area (Å²) >= 11 is 1.36. The normalized spacial score (nSPS) is 11.8. The first-order valence-electron chi connectivity index (χ1n) is 10.3. The van der Waals surface area contributed by atoms with Gasteiger partial charge in [-0.25, -0.2) is 0 Å². The summed E-state index contributed by atoms with van der Waals surface area (Å²) in [6.07, 6.45) is 1.64. The van der Waals surface area contributed by atoms with Crippen LogP contribution < -0.4 is 10.1 Å². The number of hydrogen-bond donors (Lipinski definition) is 1. The molecule has 7 heteroatoms. The van der Waals surface area contributed by atoms with E-state index >= 15 is 0 Å². The monoisotopic (exact) mass is 444 g/mol. The van der Waals surface area contributed by atoms with Crippen molar-refractivity contribution >= 4 is 17.7 Å². The summed E-state index contributed by atoms with van der Waals surface area (Å²) in [5.74, 6) is 0.666. The fraction of sp³-hybridized carbons (Fsp3) is 0.160. The first-order chi connectivity index (χ1) is 15.7. The fourth-order valence-corrected chi connectivity index (χ4v) is 4.22. The molecule has 1 heterocycles. The van der Waals surface area contributed by atoms with Crippen LogP contribution in [-0.4, -0.2) is 33.0 Å². The van der Waals surface area contributed by atoms with Crippen LogP contribution >= 0.6 is 11.8 Å². The van der Waals surface area contributed by atoms with Gasteiger partial charge in [0.05, 0.1) is 24.1 Å². The van der Waals surface area contributed by atoms with E-state index in [1.54, 1.807) is 13.4 Å². The zero-order valence-electron chi connectivity index (χ0n) is 17.9. The van der Waals surface area contributed by atoms with Crippen LogP contribution in [0.5, 0.6) is 5.75 Å². The Labute approximate surface area is 191 Å². The molecule has 0 bridgehead atoms. The molecule has 1 amide bonds. The molecule has 0 radical (unpaired) electrons. The van der Waals surface area contributed by atoms with Gasteiger partial charge in [-0.05, 0) is 30.2 Å². The minimum Gasteiger partial charge on any atom is -0.497 e. The molecule has 1 N–H and O–H groups in total. The predicted molar refractivity (Wildman–Crippen MR) is 126 cm³/mol. The van der Waals surface area contributed by atoms with Gasteiger partial charge in [0.25, 0.3) is 0 Å². The van der Waals surface area contributed by atoms with Crippen molar-refractivity contribution in [2.24, 2.45) is 0 Å². The van der Waals surface area contributed by atoms with Crippen LogP contribution in [0.1, 0.15) is 24.1 Å². The van der Waals surface area contributed by atoms with E-state index in [4.69, 9.17) is 4.74 Å². The number of hydrogen-bond acceptors (Lipinski definition) is 5. The number of ether oxygens (including phenoxy) is 1. The Morgan fingerprint density at radius 1 is 0.969 bits per heavy atom. The SMILES string of the molecule is COc1cccc(-n2cnnc2S[C@@H](C)C(=O)NC(c2ccccc2)c2ccccc2)c1. The van der Waals surface area contributed by atoms with Crippen molar-refractivity contribution in [3.8, 4) is 11.4 Å². The zero-order valence-corrected chi connectivity index (χ0v) is 18.7. The Kier molecular flexibility index (Phi) is 6.87.